The average molecular weight is 361 g/mol. The molecule has 2 aromatic rings. The van der Waals surface area contributed by atoms with Crippen LogP contribution in [0.1, 0.15) is 16.9 Å². The SMILES string of the molecule is COc1cccc(/C=C(\C(=O)O)c2cccs2)c1OCCCN(C)C. The quantitative estimate of drug-likeness (QED) is 0.545. The third-order valence-corrected chi connectivity index (χ3v) is 4.45. The lowest BCUT2D eigenvalue weighted by atomic mass is 10.1. The number of hydrogen-bond donors (Lipinski definition) is 1. The number of carbonyl (C=O) groups is 1. The van der Waals surface area contributed by atoms with Gasteiger partial charge in [0.1, 0.15) is 0 Å². The molecule has 1 N–H and O–H groups in total. The van der Waals surface area contributed by atoms with Crippen molar-refractivity contribution in [3.05, 3.63) is 46.2 Å². The summed E-state index contributed by atoms with van der Waals surface area (Å²) in [6, 6.07) is 9.10. The lowest BCUT2D eigenvalue weighted by Gasteiger charge is -2.15. The Labute approximate surface area is 152 Å². The second kappa shape index (κ2) is 9.25. The number of benzene rings is 1. The number of rotatable bonds is 9. The van der Waals surface area contributed by atoms with Crippen molar-refractivity contribution in [2.24, 2.45) is 0 Å². The molecule has 0 saturated carbocycles. The largest absolute Gasteiger partial charge is 0.493 e. The predicted octanol–water partition coefficient (Wildman–Crippen LogP) is 3.71. The minimum atomic E-state index is -0.969. The summed E-state index contributed by atoms with van der Waals surface area (Å²) >= 11 is 1.39. The van der Waals surface area contributed by atoms with E-state index in [9.17, 15) is 9.90 Å². The summed E-state index contributed by atoms with van der Waals surface area (Å²) < 4.78 is 11.3. The minimum absolute atomic E-state index is 0.237. The fourth-order valence-corrected chi connectivity index (χ4v) is 3.08. The van der Waals surface area contributed by atoms with Crippen LogP contribution in [0, 0.1) is 0 Å². The van der Waals surface area contributed by atoms with Crippen LogP contribution in [0.2, 0.25) is 0 Å². The summed E-state index contributed by atoms with van der Waals surface area (Å²) in [4.78, 5) is 14.5. The fraction of sp³-hybridized carbons (Fsp3) is 0.316. The topological polar surface area (TPSA) is 59.0 Å². The van der Waals surface area contributed by atoms with Gasteiger partial charge in [-0.15, -0.1) is 11.3 Å². The van der Waals surface area contributed by atoms with Gasteiger partial charge in [-0.1, -0.05) is 18.2 Å². The van der Waals surface area contributed by atoms with E-state index >= 15 is 0 Å². The Morgan fingerprint density at radius 1 is 1.28 bits per heavy atom. The van der Waals surface area contributed by atoms with Gasteiger partial charge >= 0.3 is 5.97 Å². The van der Waals surface area contributed by atoms with Crippen LogP contribution in [0.5, 0.6) is 11.5 Å². The van der Waals surface area contributed by atoms with E-state index in [-0.39, 0.29) is 5.57 Å². The van der Waals surface area contributed by atoms with Gasteiger partial charge in [-0.25, -0.2) is 4.79 Å². The van der Waals surface area contributed by atoms with Gasteiger partial charge in [0.2, 0.25) is 0 Å². The second-order valence-electron chi connectivity index (χ2n) is 5.72. The Balaban J connectivity index is 2.32. The van der Waals surface area contributed by atoms with E-state index in [0.29, 0.717) is 28.5 Å². The number of aliphatic carboxylic acids is 1. The van der Waals surface area contributed by atoms with Crippen molar-refractivity contribution in [1.82, 2.24) is 4.90 Å². The van der Waals surface area contributed by atoms with Gasteiger partial charge in [-0.3, -0.25) is 0 Å². The highest BCUT2D eigenvalue weighted by molar-refractivity contribution is 7.11. The van der Waals surface area contributed by atoms with Crippen molar-refractivity contribution in [3.63, 3.8) is 0 Å². The molecule has 0 atom stereocenters. The normalized spacial score (nSPS) is 11.6. The molecule has 1 heterocycles. The molecule has 0 aliphatic carbocycles. The van der Waals surface area contributed by atoms with Crippen LogP contribution in [0.15, 0.2) is 35.7 Å². The number of para-hydroxylation sites is 1. The molecule has 0 unspecified atom stereocenters. The van der Waals surface area contributed by atoms with Crippen LogP contribution in [0.3, 0.4) is 0 Å². The number of hydrogen-bond acceptors (Lipinski definition) is 5. The van der Waals surface area contributed by atoms with Gasteiger partial charge < -0.3 is 19.5 Å². The van der Waals surface area contributed by atoms with Gasteiger partial charge in [0.15, 0.2) is 11.5 Å². The summed E-state index contributed by atoms with van der Waals surface area (Å²) in [5.74, 6) is 0.192. The number of carboxylic acid groups (broad SMARTS) is 1. The minimum Gasteiger partial charge on any atom is -0.493 e. The van der Waals surface area contributed by atoms with Crippen molar-refractivity contribution in [3.8, 4) is 11.5 Å². The van der Waals surface area contributed by atoms with Crippen molar-refractivity contribution in [2.75, 3.05) is 34.4 Å². The van der Waals surface area contributed by atoms with E-state index < -0.39 is 5.97 Å². The van der Waals surface area contributed by atoms with Gasteiger partial charge in [0.05, 0.1) is 19.3 Å². The van der Waals surface area contributed by atoms with Crippen LogP contribution < -0.4 is 9.47 Å². The van der Waals surface area contributed by atoms with Crippen molar-refractivity contribution < 1.29 is 19.4 Å². The zero-order chi connectivity index (χ0) is 18.2. The first-order chi connectivity index (χ1) is 12.0. The van der Waals surface area contributed by atoms with E-state index in [1.54, 1.807) is 19.3 Å². The van der Waals surface area contributed by atoms with Crippen LogP contribution >= 0.6 is 11.3 Å². The molecule has 6 heteroatoms. The molecule has 0 bridgehead atoms. The predicted molar refractivity (Wildman–Crippen MR) is 101 cm³/mol. The van der Waals surface area contributed by atoms with Gasteiger partial charge in [-0.05, 0) is 44.1 Å². The summed E-state index contributed by atoms with van der Waals surface area (Å²) in [5, 5.41) is 11.4. The maximum absolute atomic E-state index is 11.7. The fourth-order valence-electron chi connectivity index (χ4n) is 2.34. The third kappa shape index (κ3) is 5.34. The van der Waals surface area contributed by atoms with E-state index in [1.807, 2.05) is 43.7 Å². The van der Waals surface area contributed by atoms with E-state index in [4.69, 9.17) is 9.47 Å². The molecule has 0 aliphatic heterocycles. The number of methoxy groups -OCH3 is 1. The summed E-state index contributed by atoms with van der Waals surface area (Å²) in [6.07, 6.45) is 2.50. The number of ether oxygens (including phenoxy) is 2. The second-order valence-corrected chi connectivity index (χ2v) is 6.67. The molecule has 0 amide bonds. The van der Waals surface area contributed by atoms with Gasteiger partial charge in [0, 0.05) is 17.0 Å². The van der Waals surface area contributed by atoms with Gasteiger partial charge in [-0.2, -0.15) is 0 Å². The Morgan fingerprint density at radius 2 is 2.08 bits per heavy atom. The summed E-state index contributed by atoms with van der Waals surface area (Å²) in [7, 11) is 5.60. The molecule has 0 fully saturated rings. The first-order valence-electron chi connectivity index (χ1n) is 7.96. The first-order valence-corrected chi connectivity index (χ1v) is 8.84. The van der Waals surface area contributed by atoms with Crippen LogP contribution in [-0.4, -0.2) is 50.3 Å². The zero-order valence-electron chi connectivity index (χ0n) is 14.7. The molecular weight excluding hydrogens is 338 g/mol. The molecule has 5 nitrogen and oxygen atoms in total. The summed E-state index contributed by atoms with van der Waals surface area (Å²) in [5.41, 5.74) is 0.927. The molecule has 0 radical (unpaired) electrons. The Kier molecular flexibility index (Phi) is 7.03. The molecule has 25 heavy (non-hydrogen) atoms. The highest BCUT2D eigenvalue weighted by Crippen LogP contribution is 2.34. The molecule has 0 aliphatic rings. The average Bonchev–Trinajstić information content (AvgIpc) is 3.10. The Bertz CT molecular complexity index is 723. The molecule has 2 rings (SSSR count). The molecule has 0 saturated heterocycles. The maximum atomic E-state index is 11.7. The van der Waals surface area contributed by atoms with Crippen LogP contribution in [0.25, 0.3) is 11.6 Å². The van der Waals surface area contributed by atoms with E-state index in [2.05, 4.69) is 4.90 Å². The lowest BCUT2D eigenvalue weighted by Crippen LogP contribution is -2.15. The lowest BCUT2D eigenvalue weighted by molar-refractivity contribution is -0.130. The summed E-state index contributed by atoms with van der Waals surface area (Å²) in [6.45, 7) is 1.44. The Hall–Kier alpha value is -2.31. The van der Waals surface area contributed by atoms with Crippen molar-refractivity contribution >= 4 is 29.0 Å². The van der Waals surface area contributed by atoms with Crippen molar-refractivity contribution in [2.45, 2.75) is 6.42 Å². The number of nitrogens with zero attached hydrogens (tertiary/aromatic N) is 1. The molecule has 1 aromatic heterocycles. The molecule has 1 aromatic carbocycles. The maximum Gasteiger partial charge on any atom is 0.337 e. The van der Waals surface area contributed by atoms with E-state index in [0.717, 1.165) is 13.0 Å². The van der Waals surface area contributed by atoms with Crippen LogP contribution in [0.4, 0.5) is 0 Å². The van der Waals surface area contributed by atoms with Crippen LogP contribution in [-0.2, 0) is 4.79 Å². The standard InChI is InChI=1S/C19H23NO4S/c1-20(2)10-6-11-24-18-14(7-4-8-16(18)23-3)13-15(19(21)22)17-9-5-12-25-17/h4-5,7-9,12-13H,6,10-11H2,1-3H3,(H,21,22)/b15-13-. The number of thiophene rings is 1. The molecule has 0 spiro atoms. The zero-order valence-corrected chi connectivity index (χ0v) is 15.5. The smallest absolute Gasteiger partial charge is 0.337 e. The highest BCUT2D eigenvalue weighted by atomic mass is 32.1. The first kappa shape index (κ1) is 19.0. The third-order valence-electron chi connectivity index (χ3n) is 3.54. The highest BCUT2D eigenvalue weighted by Gasteiger charge is 2.15. The van der Waals surface area contributed by atoms with Gasteiger partial charge in [0.25, 0.3) is 0 Å². The van der Waals surface area contributed by atoms with Crippen molar-refractivity contribution in [1.29, 1.82) is 0 Å². The Morgan fingerprint density at radius 3 is 2.68 bits per heavy atom. The number of carboxylic acids is 1. The molecular formula is C19H23NO4S. The monoisotopic (exact) mass is 361 g/mol. The van der Waals surface area contributed by atoms with E-state index in [1.165, 1.54) is 11.3 Å². The molecule has 134 valence electrons.